The summed E-state index contributed by atoms with van der Waals surface area (Å²) < 4.78 is 11.7. The minimum Gasteiger partial charge on any atom is -0.455 e. The number of carbonyl (C=O) groups is 2. The second-order valence-corrected chi connectivity index (χ2v) is 14.0. The predicted molar refractivity (Wildman–Crippen MR) is 175 cm³/mol. The fraction of sp³-hybridized carbons (Fsp3) is 0.676. The van der Waals surface area contributed by atoms with Crippen molar-refractivity contribution in [3.05, 3.63) is 47.6 Å². The molecule has 1 N–H and O–H groups in total. The molecule has 7 nitrogen and oxygen atoms in total. The van der Waals surface area contributed by atoms with Crippen LogP contribution in [0.4, 0.5) is 0 Å². The van der Waals surface area contributed by atoms with Gasteiger partial charge in [-0.05, 0) is 106 Å². The van der Waals surface area contributed by atoms with Crippen molar-refractivity contribution < 1.29 is 24.2 Å². The summed E-state index contributed by atoms with van der Waals surface area (Å²) in [7, 11) is 0. The standard InChI is InChI=1S/C37H52N2O5/c1-24-11-9-12-27(14-16-29-25(2)32(40)21-31(29)33(24)41)22-38-19-7-5-6-8-20-39-23-28-13-10-18-37(4)35(44-37)34-30(17-15-28)26(3)36(42)43-34/h12-13,22-24,29-31,33-35,41H,2-3,5-11,14-21H2,1,4H3/b27-12+,28-13+,38-22?,39-23?/t24-,29-,30-,31-,33+,34-,35-,37+/m0/s1. The summed E-state index contributed by atoms with van der Waals surface area (Å²) in [5, 5.41) is 10.8. The molecule has 5 rings (SSSR count). The van der Waals surface area contributed by atoms with E-state index in [0.29, 0.717) is 17.6 Å². The zero-order valence-corrected chi connectivity index (χ0v) is 26.8. The van der Waals surface area contributed by atoms with Gasteiger partial charge >= 0.3 is 5.97 Å². The van der Waals surface area contributed by atoms with Crippen LogP contribution in [-0.2, 0) is 19.1 Å². The van der Waals surface area contributed by atoms with Gasteiger partial charge in [-0.2, -0.15) is 0 Å². The molecule has 2 saturated heterocycles. The second kappa shape index (κ2) is 14.6. The summed E-state index contributed by atoms with van der Waals surface area (Å²) in [4.78, 5) is 34.0. The summed E-state index contributed by atoms with van der Waals surface area (Å²) in [5.41, 5.74) is 3.56. The molecule has 0 aromatic rings. The van der Waals surface area contributed by atoms with Gasteiger partial charge in [-0.25, -0.2) is 4.79 Å². The maximum atomic E-state index is 12.3. The van der Waals surface area contributed by atoms with Crippen molar-refractivity contribution in [2.45, 2.75) is 121 Å². The van der Waals surface area contributed by atoms with E-state index >= 15 is 0 Å². The van der Waals surface area contributed by atoms with Crippen molar-refractivity contribution in [1.29, 1.82) is 0 Å². The van der Waals surface area contributed by atoms with Crippen LogP contribution in [0.3, 0.4) is 0 Å². The Hall–Kier alpha value is -2.64. The van der Waals surface area contributed by atoms with E-state index in [4.69, 9.17) is 19.5 Å². The monoisotopic (exact) mass is 604 g/mol. The molecule has 2 heterocycles. The lowest BCUT2D eigenvalue weighted by atomic mass is 9.78. The number of nitrogens with zero attached hydrogens (tertiary/aromatic N) is 2. The quantitative estimate of drug-likeness (QED) is 0.104. The number of unbranched alkanes of at least 4 members (excludes halogenated alkanes) is 3. The van der Waals surface area contributed by atoms with Gasteiger partial charge in [0.25, 0.3) is 0 Å². The SMILES string of the molecule is C=C1C(=O)C[C@@H]2[C@H](O)[C@@H](C)CC/C=C(/C=NCCCCCCN=C/C3=C/CC[C@@]4(C)O[C@H]4[C@H]4OC(=O)C(=C)[C@@H]4CC3)CC[C@@H]12. The predicted octanol–water partition coefficient (Wildman–Crippen LogP) is 6.70. The highest BCUT2D eigenvalue weighted by Gasteiger charge is 2.61. The van der Waals surface area contributed by atoms with E-state index in [0.717, 1.165) is 90.1 Å². The van der Waals surface area contributed by atoms with E-state index in [1.54, 1.807) is 0 Å². The Morgan fingerprint density at radius 1 is 0.932 bits per heavy atom. The Morgan fingerprint density at radius 3 is 2.25 bits per heavy atom. The van der Waals surface area contributed by atoms with Gasteiger partial charge in [0, 0.05) is 43.4 Å². The van der Waals surface area contributed by atoms with Crippen molar-refractivity contribution in [3.63, 3.8) is 0 Å². The normalized spacial score (nSPS) is 38.8. The van der Waals surface area contributed by atoms with Gasteiger partial charge in [0.1, 0.15) is 12.2 Å². The smallest absolute Gasteiger partial charge is 0.334 e. The number of aliphatic hydroxyl groups is 1. The number of carbonyl (C=O) groups excluding carboxylic acids is 2. The molecule has 240 valence electrons. The number of ether oxygens (including phenoxy) is 2. The molecule has 5 aliphatic rings. The number of Topliss-reactive ketones (excluding diaryl/α,β-unsaturated/α-hetero) is 1. The third-order valence-electron chi connectivity index (χ3n) is 10.8. The van der Waals surface area contributed by atoms with Gasteiger partial charge in [0.2, 0.25) is 0 Å². The van der Waals surface area contributed by atoms with Crippen LogP contribution in [-0.4, -0.2) is 66.3 Å². The Morgan fingerprint density at radius 2 is 1.57 bits per heavy atom. The average molecular weight is 605 g/mol. The first kappa shape index (κ1) is 32.7. The molecule has 3 fully saturated rings. The molecule has 0 aromatic heterocycles. The maximum Gasteiger partial charge on any atom is 0.334 e. The van der Waals surface area contributed by atoms with E-state index < -0.39 is 6.10 Å². The number of aliphatic hydroxyl groups excluding tert-OH is 1. The van der Waals surface area contributed by atoms with Gasteiger partial charge in [-0.3, -0.25) is 14.8 Å². The van der Waals surface area contributed by atoms with Gasteiger partial charge in [-0.1, -0.05) is 45.1 Å². The number of aliphatic imine (C=N–C) groups is 2. The van der Waals surface area contributed by atoms with Crippen molar-refractivity contribution in [3.8, 4) is 0 Å². The van der Waals surface area contributed by atoms with E-state index in [-0.39, 0.29) is 53.2 Å². The van der Waals surface area contributed by atoms with E-state index in [1.807, 2.05) is 12.4 Å². The first-order chi connectivity index (χ1) is 21.2. The Kier molecular flexibility index (Phi) is 10.9. The molecule has 0 radical (unpaired) electrons. The van der Waals surface area contributed by atoms with Crippen LogP contribution in [0, 0.1) is 23.7 Å². The topological polar surface area (TPSA) is 101 Å². The molecule has 0 bridgehead atoms. The first-order valence-electron chi connectivity index (χ1n) is 17.0. The van der Waals surface area contributed by atoms with E-state index in [1.165, 1.54) is 11.1 Å². The number of esters is 1. The molecule has 2 aliphatic heterocycles. The number of hydrogen-bond acceptors (Lipinski definition) is 7. The van der Waals surface area contributed by atoms with Crippen molar-refractivity contribution in [2.24, 2.45) is 33.7 Å². The fourth-order valence-corrected chi connectivity index (χ4v) is 7.69. The number of rotatable bonds is 9. The zero-order chi connectivity index (χ0) is 31.3. The molecular formula is C37H52N2O5. The summed E-state index contributed by atoms with van der Waals surface area (Å²) >= 11 is 0. The van der Waals surface area contributed by atoms with Gasteiger partial charge < -0.3 is 14.6 Å². The maximum absolute atomic E-state index is 12.3. The highest BCUT2D eigenvalue weighted by Crippen LogP contribution is 2.49. The molecule has 0 unspecified atom stereocenters. The minimum atomic E-state index is -0.431. The first-order valence-corrected chi connectivity index (χ1v) is 17.0. The summed E-state index contributed by atoms with van der Waals surface area (Å²) in [6.45, 7) is 13.9. The molecule has 0 spiro atoms. The summed E-state index contributed by atoms with van der Waals surface area (Å²) in [6.07, 6.45) is 20.0. The lowest BCUT2D eigenvalue weighted by molar-refractivity contribution is -0.140. The fourth-order valence-electron chi connectivity index (χ4n) is 7.69. The molecule has 3 aliphatic carbocycles. The number of hydrogen-bond donors (Lipinski definition) is 1. The third kappa shape index (κ3) is 7.77. The number of epoxide rings is 1. The highest BCUT2D eigenvalue weighted by molar-refractivity contribution is 5.98. The highest BCUT2D eigenvalue weighted by atomic mass is 16.6. The van der Waals surface area contributed by atoms with Crippen LogP contribution in [0.1, 0.15) is 97.3 Å². The lowest BCUT2D eigenvalue weighted by Crippen LogP contribution is -2.31. The molecular weight excluding hydrogens is 552 g/mol. The molecule has 8 atom stereocenters. The van der Waals surface area contributed by atoms with Crippen LogP contribution < -0.4 is 0 Å². The van der Waals surface area contributed by atoms with Crippen molar-refractivity contribution in [1.82, 2.24) is 0 Å². The Labute approximate surface area is 263 Å². The summed E-state index contributed by atoms with van der Waals surface area (Å²) in [5.74, 6) is 0.146. The zero-order valence-electron chi connectivity index (χ0n) is 26.8. The largest absolute Gasteiger partial charge is 0.455 e. The average Bonchev–Trinajstić information content (AvgIpc) is 3.48. The molecule has 44 heavy (non-hydrogen) atoms. The third-order valence-corrected chi connectivity index (χ3v) is 10.8. The lowest BCUT2D eigenvalue weighted by Gasteiger charge is -2.29. The molecule has 1 saturated carbocycles. The van der Waals surface area contributed by atoms with Gasteiger partial charge in [0.05, 0.1) is 11.7 Å². The van der Waals surface area contributed by atoms with Gasteiger partial charge in [0.15, 0.2) is 5.78 Å². The molecule has 0 amide bonds. The van der Waals surface area contributed by atoms with Crippen LogP contribution in [0.2, 0.25) is 0 Å². The van der Waals surface area contributed by atoms with E-state index in [2.05, 4.69) is 39.2 Å². The minimum absolute atomic E-state index is 0.00822. The van der Waals surface area contributed by atoms with Crippen LogP contribution in [0.15, 0.2) is 57.6 Å². The van der Waals surface area contributed by atoms with Gasteiger partial charge in [-0.15, -0.1) is 0 Å². The van der Waals surface area contributed by atoms with Crippen LogP contribution in [0.25, 0.3) is 0 Å². The Bertz CT molecular complexity index is 1230. The number of allylic oxidation sites excluding steroid dienone is 5. The van der Waals surface area contributed by atoms with Crippen molar-refractivity contribution >= 4 is 24.2 Å². The Balaban J connectivity index is 1.00. The second-order valence-electron chi connectivity index (χ2n) is 14.0. The van der Waals surface area contributed by atoms with Crippen molar-refractivity contribution in [2.75, 3.05) is 13.1 Å². The molecule has 0 aromatic carbocycles. The molecule has 7 heteroatoms. The number of ketones is 1. The summed E-state index contributed by atoms with van der Waals surface area (Å²) in [6, 6.07) is 0. The number of fused-ring (bicyclic) bond motifs is 4. The van der Waals surface area contributed by atoms with Crippen LogP contribution >= 0.6 is 0 Å². The van der Waals surface area contributed by atoms with E-state index in [9.17, 15) is 14.7 Å². The van der Waals surface area contributed by atoms with Crippen LogP contribution in [0.5, 0.6) is 0 Å².